The van der Waals surface area contributed by atoms with Crippen molar-refractivity contribution >= 4 is 15.8 Å². The van der Waals surface area contributed by atoms with Crippen molar-refractivity contribution in [1.82, 2.24) is 4.90 Å². The lowest BCUT2D eigenvalue weighted by molar-refractivity contribution is -0.138. The normalized spacial score (nSPS) is 21.9. The molecule has 1 unspecified atom stereocenters. The zero-order chi connectivity index (χ0) is 15.5. The molecule has 0 aliphatic carbocycles. The summed E-state index contributed by atoms with van der Waals surface area (Å²) in [6.07, 6.45) is -0.172. The highest BCUT2D eigenvalue weighted by Gasteiger charge is 2.32. The lowest BCUT2D eigenvalue weighted by Crippen LogP contribution is -2.48. The van der Waals surface area contributed by atoms with Crippen LogP contribution in [0.25, 0.3) is 0 Å². The first kappa shape index (κ1) is 15.8. The molecule has 116 valence electrons. The van der Waals surface area contributed by atoms with Crippen LogP contribution in [0.15, 0.2) is 24.3 Å². The first-order valence-corrected chi connectivity index (χ1v) is 8.51. The summed E-state index contributed by atoms with van der Waals surface area (Å²) in [7, 11) is -1.58. The van der Waals surface area contributed by atoms with Gasteiger partial charge in [-0.1, -0.05) is 18.2 Å². The fourth-order valence-electron chi connectivity index (χ4n) is 2.57. The number of carbonyl (C=O) groups is 1. The van der Waals surface area contributed by atoms with Crippen molar-refractivity contribution in [2.75, 3.05) is 25.2 Å². The Morgan fingerprint density at radius 2 is 2.14 bits per heavy atom. The zero-order valence-corrected chi connectivity index (χ0v) is 12.7. The van der Waals surface area contributed by atoms with Gasteiger partial charge in [0.1, 0.15) is 5.75 Å². The standard InChI is InChI=1S/C14H19NO5S/c1-20-13-5-3-2-4-11(13)9-15-6-7-21(18,19)10-12(15)8-14(16)17/h2-5,12H,6-10H2,1H3,(H,16,17). The molecule has 0 amide bonds. The zero-order valence-electron chi connectivity index (χ0n) is 11.9. The smallest absolute Gasteiger partial charge is 0.304 e. The fourth-order valence-corrected chi connectivity index (χ4v) is 4.17. The Kier molecular flexibility index (Phi) is 4.84. The first-order chi connectivity index (χ1) is 9.91. The van der Waals surface area contributed by atoms with Crippen LogP contribution in [-0.4, -0.2) is 55.6 Å². The van der Waals surface area contributed by atoms with Crippen LogP contribution < -0.4 is 4.74 Å². The third kappa shape index (κ3) is 4.18. The van der Waals surface area contributed by atoms with E-state index >= 15 is 0 Å². The summed E-state index contributed by atoms with van der Waals surface area (Å²) in [5, 5.41) is 8.97. The van der Waals surface area contributed by atoms with Crippen LogP contribution in [0.3, 0.4) is 0 Å². The number of hydrogen-bond acceptors (Lipinski definition) is 5. The van der Waals surface area contributed by atoms with Crippen molar-refractivity contribution < 1.29 is 23.1 Å². The molecule has 6 nitrogen and oxygen atoms in total. The Balaban J connectivity index is 2.18. The highest BCUT2D eigenvalue weighted by Crippen LogP contribution is 2.23. The van der Waals surface area contributed by atoms with Crippen molar-refractivity contribution in [2.45, 2.75) is 19.0 Å². The van der Waals surface area contributed by atoms with E-state index in [-0.39, 0.29) is 17.9 Å². The van der Waals surface area contributed by atoms with Gasteiger partial charge in [0, 0.05) is 24.7 Å². The second-order valence-corrected chi connectivity index (χ2v) is 7.38. The number of hydrogen-bond donors (Lipinski definition) is 1. The van der Waals surface area contributed by atoms with Crippen LogP contribution in [0.2, 0.25) is 0 Å². The molecule has 1 aromatic carbocycles. The quantitative estimate of drug-likeness (QED) is 0.864. The number of aliphatic carboxylic acids is 1. The third-order valence-corrected chi connectivity index (χ3v) is 5.33. The second kappa shape index (κ2) is 6.44. The minimum atomic E-state index is -3.15. The maximum absolute atomic E-state index is 11.7. The number of ether oxygens (including phenoxy) is 1. The predicted molar refractivity (Wildman–Crippen MR) is 78.1 cm³/mol. The van der Waals surface area contributed by atoms with Gasteiger partial charge in [-0.3, -0.25) is 9.69 Å². The van der Waals surface area contributed by atoms with Crippen molar-refractivity contribution in [1.29, 1.82) is 0 Å². The average molecular weight is 313 g/mol. The van der Waals surface area contributed by atoms with E-state index in [9.17, 15) is 13.2 Å². The van der Waals surface area contributed by atoms with E-state index in [4.69, 9.17) is 9.84 Å². The SMILES string of the molecule is COc1ccccc1CN1CCS(=O)(=O)CC1CC(=O)O. The number of methoxy groups -OCH3 is 1. The number of nitrogens with zero attached hydrogens (tertiary/aromatic N) is 1. The van der Waals surface area contributed by atoms with Gasteiger partial charge in [-0.15, -0.1) is 0 Å². The Labute approximate surface area is 124 Å². The Bertz CT molecular complexity index is 614. The van der Waals surface area contributed by atoms with E-state index in [1.54, 1.807) is 7.11 Å². The topological polar surface area (TPSA) is 83.9 Å². The molecule has 1 saturated heterocycles. The summed E-state index contributed by atoms with van der Waals surface area (Å²) in [5.74, 6) is -0.297. The van der Waals surface area contributed by atoms with E-state index in [1.165, 1.54) is 0 Å². The molecule has 21 heavy (non-hydrogen) atoms. The molecular weight excluding hydrogens is 294 g/mol. The van der Waals surface area contributed by atoms with Gasteiger partial charge in [0.25, 0.3) is 0 Å². The van der Waals surface area contributed by atoms with Crippen LogP contribution in [0.1, 0.15) is 12.0 Å². The van der Waals surface area contributed by atoms with Crippen LogP contribution >= 0.6 is 0 Å². The molecule has 1 aromatic rings. The summed E-state index contributed by atoms with van der Waals surface area (Å²) in [5.41, 5.74) is 0.926. The first-order valence-electron chi connectivity index (χ1n) is 6.69. The summed E-state index contributed by atoms with van der Waals surface area (Å²) < 4.78 is 28.7. The molecule has 0 aromatic heterocycles. The number of rotatable bonds is 5. The molecule has 1 fully saturated rings. The monoisotopic (exact) mass is 313 g/mol. The van der Waals surface area contributed by atoms with Gasteiger partial charge < -0.3 is 9.84 Å². The van der Waals surface area contributed by atoms with E-state index in [0.29, 0.717) is 13.1 Å². The van der Waals surface area contributed by atoms with Crippen molar-refractivity contribution in [3.8, 4) is 5.75 Å². The maximum atomic E-state index is 11.7. The lowest BCUT2D eigenvalue weighted by atomic mass is 10.1. The Morgan fingerprint density at radius 3 is 2.81 bits per heavy atom. The number of sulfone groups is 1. The van der Waals surface area contributed by atoms with Crippen molar-refractivity contribution in [2.24, 2.45) is 0 Å². The summed E-state index contributed by atoms with van der Waals surface area (Å²) in [4.78, 5) is 12.9. The number of carboxylic acid groups (broad SMARTS) is 1. The molecular formula is C14H19NO5S. The molecule has 2 rings (SSSR count). The molecule has 0 spiro atoms. The number of para-hydroxylation sites is 1. The molecule has 0 radical (unpaired) electrons. The van der Waals surface area contributed by atoms with Crippen LogP contribution in [0.5, 0.6) is 5.75 Å². The molecule has 7 heteroatoms. The number of carboxylic acids is 1. The minimum Gasteiger partial charge on any atom is -0.496 e. The molecule has 0 saturated carbocycles. The molecule has 1 heterocycles. The van der Waals surface area contributed by atoms with E-state index in [1.807, 2.05) is 29.2 Å². The van der Waals surface area contributed by atoms with Crippen molar-refractivity contribution in [3.05, 3.63) is 29.8 Å². The fraction of sp³-hybridized carbons (Fsp3) is 0.500. The lowest BCUT2D eigenvalue weighted by Gasteiger charge is -2.34. The Morgan fingerprint density at radius 1 is 1.43 bits per heavy atom. The highest BCUT2D eigenvalue weighted by atomic mass is 32.2. The molecule has 1 aliphatic heterocycles. The van der Waals surface area contributed by atoms with E-state index in [0.717, 1.165) is 11.3 Å². The summed E-state index contributed by atoms with van der Waals surface area (Å²) in [6.45, 7) is 0.829. The maximum Gasteiger partial charge on any atom is 0.304 e. The third-order valence-electron chi connectivity index (χ3n) is 3.63. The van der Waals surface area contributed by atoms with Gasteiger partial charge in [0.15, 0.2) is 9.84 Å². The van der Waals surface area contributed by atoms with Crippen LogP contribution in [0.4, 0.5) is 0 Å². The van der Waals surface area contributed by atoms with Gasteiger partial charge in [-0.25, -0.2) is 8.42 Å². The molecule has 0 bridgehead atoms. The molecule has 1 aliphatic rings. The van der Waals surface area contributed by atoms with Gasteiger partial charge in [-0.05, 0) is 6.07 Å². The van der Waals surface area contributed by atoms with Gasteiger partial charge in [0.2, 0.25) is 0 Å². The molecule has 1 atom stereocenters. The van der Waals surface area contributed by atoms with Crippen LogP contribution in [-0.2, 0) is 21.2 Å². The van der Waals surface area contributed by atoms with Gasteiger partial charge in [0.05, 0.1) is 25.0 Å². The van der Waals surface area contributed by atoms with Crippen LogP contribution in [0, 0.1) is 0 Å². The molecule has 1 N–H and O–H groups in total. The van der Waals surface area contributed by atoms with Crippen molar-refractivity contribution in [3.63, 3.8) is 0 Å². The second-order valence-electron chi connectivity index (χ2n) is 5.15. The summed E-state index contributed by atoms with van der Waals surface area (Å²) in [6, 6.07) is 6.98. The Hall–Kier alpha value is -1.60. The van der Waals surface area contributed by atoms with E-state index < -0.39 is 21.8 Å². The number of benzene rings is 1. The average Bonchev–Trinajstić information content (AvgIpc) is 2.41. The predicted octanol–water partition coefficient (Wildman–Crippen LogP) is 0.769. The highest BCUT2D eigenvalue weighted by molar-refractivity contribution is 7.91. The van der Waals surface area contributed by atoms with Gasteiger partial charge in [-0.2, -0.15) is 0 Å². The van der Waals surface area contributed by atoms with E-state index in [2.05, 4.69) is 0 Å². The van der Waals surface area contributed by atoms with Gasteiger partial charge >= 0.3 is 5.97 Å². The minimum absolute atomic E-state index is 0.0677. The summed E-state index contributed by atoms with van der Waals surface area (Å²) >= 11 is 0. The largest absolute Gasteiger partial charge is 0.496 e.